The quantitative estimate of drug-likeness (QED) is 0.887. The highest BCUT2D eigenvalue weighted by molar-refractivity contribution is 7.07. The van der Waals surface area contributed by atoms with Gasteiger partial charge in [0.2, 0.25) is 5.91 Å². The van der Waals surface area contributed by atoms with E-state index in [9.17, 15) is 4.79 Å². The molecule has 2 N–H and O–H groups in total. The number of aromatic nitrogens is 1. The predicted octanol–water partition coefficient (Wildman–Crippen LogP) is 2.52. The molecule has 4 nitrogen and oxygen atoms in total. The van der Waals surface area contributed by atoms with Gasteiger partial charge >= 0.3 is 0 Å². The standard InChI is InChI=1S/C13H19N3OS.2ClH/c17-13(14-6-12-7-18-8-15-12)5-9-3-10-1-2-11(4-9)16-10;;/h7-11,16H,1-6H2,(H,14,17);2*1H. The molecule has 0 aliphatic carbocycles. The first-order valence-corrected chi connectivity index (χ1v) is 7.63. The van der Waals surface area contributed by atoms with Gasteiger partial charge in [-0.3, -0.25) is 4.79 Å². The highest BCUT2D eigenvalue weighted by atomic mass is 35.5. The fourth-order valence-electron chi connectivity index (χ4n) is 3.19. The Morgan fingerprint density at radius 2 is 2.05 bits per heavy atom. The van der Waals surface area contributed by atoms with Crippen molar-refractivity contribution in [1.29, 1.82) is 0 Å². The normalized spacial score (nSPS) is 27.3. The number of fused-ring (bicyclic) bond motifs is 2. The molecule has 1 amide bonds. The number of nitrogens with zero attached hydrogens (tertiary/aromatic N) is 1. The lowest BCUT2D eigenvalue weighted by Crippen LogP contribution is -2.39. The number of thiazole rings is 1. The molecule has 3 rings (SSSR count). The zero-order valence-corrected chi connectivity index (χ0v) is 13.7. The lowest BCUT2D eigenvalue weighted by Gasteiger charge is -2.28. The van der Waals surface area contributed by atoms with E-state index in [4.69, 9.17) is 0 Å². The summed E-state index contributed by atoms with van der Waals surface area (Å²) in [6.07, 6.45) is 5.60. The lowest BCUT2D eigenvalue weighted by atomic mass is 9.89. The van der Waals surface area contributed by atoms with Crippen molar-refractivity contribution in [1.82, 2.24) is 15.6 Å². The molecule has 2 bridgehead atoms. The van der Waals surface area contributed by atoms with Crippen LogP contribution in [0.25, 0.3) is 0 Å². The maximum absolute atomic E-state index is 11.9. The van der Waals surface area contributed by atoms with Crippen LogP contribution in [0.5, 0.6) is 0 Å². The minimum Gasteiger partial charge on any atom is -0.350 e. The van der Waals surface area contributed by atoms with Crippen molar-refractivity contribution in [3.05, 3.63) is 16.6 Å². The van der Waals surface area contributed by atoms with Gasteiger partial charge in [-0.1, -0.05) is 0 Å². The number of hydrogen-bond acceptors (Lipinski definition) is 4. The second-order valence-corrected chi connectivity index (χ2v) is 6.15. The maximum atomic E-state index is 11.9. The smallest absolute Gasteiger partial charge is 0.220 e. The van der Waals surface area contributed by atoms with Crippen molar-refractivity contribution < 1.29 is 4.79 Å². The third-order valence-corrected chi connectivity index (χ3v) is 4.63. The number of piperidine rings is 1. The molecule has 20 heavy (non-hydrogen) atoms. The Labute approximate surface area is 135 Å². The Bertz CT molecular complexity index is 404. The van der Waals surface area contributed by atoms with Crippen LogP contribution in [-0.2, 0) is 11.3 Å². The van der Waals surface area contributed by atoms with Gasteiger partial charge in [-0.2, -0.15) is 0 Å². The van der Waals surface area contributed by atoms with E-state index >= 15 is 0 Å². The van der Waals surface area contributed by atoms with E-state index in [0.717, 1.165) is 5.69 Å². The molecule has 0 aromatic carbocycles. The van der Waals surface area contributed by atoms with Gasteiger partial charge in [-0.15, -0.1) is 36.2 Å². The number of hydrogen-bond donors (Lipinski definition) is 2. The molecule has 3 heterocycles. The fraction of sp³-hybridized carbons (Fsp3) is 0.692. The summed E-state index contributed by atoms with van der Waals surface area (Å²) in [7, 11) is 0. The average Bonchev–Trinajstić information content (AvgIpc) is 2.97. The molecule has 2 saturated heterocycles. The number of carbonyl (C=O) groups is 1. The van der Waals surface area contributed by atoms with Crippen LogP contribution >= 0.6 is 36.2 Å². The Kier molecular flexibility index (Phi) is 7.23. The maximum Gasteiger partial charge on any atom is 0.220 e. The topological polar surface area (TPSA) is 54.0 Å². The summed E-state index contributed by atoms with van der Waals surface area (Å²) in [6.45, 7) is 0.570. The molecule has 0 saturated carbocycles. The summed E-state index contributed by atoms with van der Waals surface area (Å²) in [5.74, 6) is 0.744. The monoisotopic (exact) mass is 337 g/mol. The van der Waals surface area contributed by atoms with Gasteiger partial charge in [-0.05, 0) is 31.6 Å². The second kappa shape index (κ2) is 8.17. The van der Waals surface area contributed by atoms with Crippen LogP contribution in [0.1, 0.15) is 37.8 Å². The molecule has 114 valence electrons. The van der Waals surface area contributed by atoms with E-state index in [1.54, 1.807) is 16.8 Å². The van der Waals surface area contributed by atoms with Crippen molar-refractivity contribution in [3.8, 4) is 0 Å². The number of nitrogens with one attached hydrogen (secondary N) is 2. The Balaban J connectivity index is 0.000001000. The Hall–Kier alpha value is -0.360. The summed E-state index contributed by atoms with van der Waals surface area (Å²) < 4.78 is 0. The Morgan fingerprint density at radius 3 is 2.65 bits per heavy atom. The molecule has 0 spiro atoms. The zero-order chi connectivity index (χ0) is 12.4. The summed E-state index contributed by atoms with van der Waals surface area (Å²) in [5, 5.41) is 8.55. The molecule has 2 fully saturated rings. The van der Waals surface area contributed by atoms with Crippen molar-refractivity contribution in [3.63, 3.8) is 0 Å². The SMILES string of the molecule is Cl.Cl.O=C(CC1CC2CCC(C1)N2)NCc1cscn1. The summed E-state index contributed by atoms with van der Waals surface area (Å²) in [4.78, 5) is 16.0. The van der Waals surface area contributed by atoms with Crippen molar-refractivity contribution in [2.24, 2.45) is 5.92 Å². The first-order chi connectivity index (χ1) is 8.79. The molecule has 2 atom stereocenters. The largest absolute Gasteiger partial charge is 0.350 e. The van der Waals surface area contributed by atoms with Gasteiger partial charge < -0.3 is 10.6 Å². The van der Waals surface area contributed by atoms with Crippen LogP contribution in [0.2, 0.25) is 0 Å². The average molecular weight is 338 g/mol. The molecular weight excluding hydrogens is 317 g/mol. The summed E-state index contributed by atoms with van der Waals surface area (Å²) in [5.41, 5.74) is 2.75. The fourth-order valence-corrected chi connectivity index (χ4v) is 3.75. The first kappa shape index (κ1) is 17.7. The van der Waals surface area contributed by atoms with Crippen LogP contribution in [0.4, 0.5) is 0 Å². The summed E-state index contributed by atoms with van der Waals surface area (Å²) in [6, 6.07) is 1.33. The summed E-state index contributed by atoms with van der Waals surface area (Å²) >= 11 is 1.57. The van der Waals surface area contributed by atoms with E-state index in [1.165, 1.54) is 25.7 Å². The number of amides is 1. The molecule has 2 aliphatic rings. The zero-order valence-electron chi connectivity index (χ0n) is 11.2. The molecule has 1 aromatic rings. The van der Waals surface area contributed by atoms with Crippen LogP contribution in [0, 0.1) is 5.92 Å². The van der Waals surface area contributed by atoms with Crippen LogP contribution in [0.3, 0.4) is 0 Å². The van der Waals surface area contributed by atoms with Crippen LogP contribution in [0.15, 0.2) is 10.9 Å². The number of halogens is 2. The van der Waals surface area contributed by atoms with E-state index in [1.807, 2.05) is 5.38 Å². The van der Waals surface area contributed by atoms with Gasteiger partial charge in [0.25, 0.3) is 0 Å². The minimum atomic E-state index is 0. The van der Waals surface area contributed by atoms with Gasteiger partial charge in [-0.25, -0.2) is 4.98 Å². The van der Waals surface area contributed by atoms with E-state index in [2.05, 4.69) is 15.6 Å². The van der Waals surface area contributed by atoms with Gasteiger partial charge in [0.05, 0.1) is 17.7 Å². The van der Waals surface area contributed by atoms with Crippen molar-refractivity contribution >= 4 is 42.1 Å². The number of rotatable bonds is 4. The molecule has 2 aliphatic heterocycles. The van der Waals surface area contributed by atoms with Gasteiger partial charge in [0.15, 0.2) is 0 Å². The molecule has 2 unspecified atom stereocenters. The van der Waals surface area contributed by atoms with Crippen LogP contribution < -0.4 is 10.6 Å². The predicted molar refractivity (Wildman–Crippen MR) is 85.7 cm³/mol. The first-order valence-electron chi connectivity index (χ1n) is 6.69. The van der Waals surface area contributed by atoms with E-state index in [-0.39, 0.29) is 30.7 Å². The third-order valence-electron chi connectivity index (χ3n) is 3.99. The highest BCUT2D eigenvalue weighted by Gasteiger charge is 2.34. The molecule has 1 aromatic heterocycles. The van der Waals surface area contributed by atoms with Crippen molar-refractivity contribution in [2.45, 2.75) is 50.7 Å². The number of carbonyl (C=O) groups excluding carboxylic acids is 1. The molecule has 0 radical (unpaired) electrons. The van der Waals surface area contributed by atoms with E-state index < -0.39 is 0 Å². The van der Waals surface area contributed by atoms with E-state index in [0.29, 0.717) is 31.0 Å². The molecular formula is C13H21Cl2N3OS. The minimum absolute atomic E-state index is 0. The second-order valence-electron chi connectivity index (χ2n) is 5.44. The van der Waals surface area contributed by atoms with Crippen molar-refractivity contribution in [2.75, 3.05) is 0 Å². The van der Waals surface area contributed by atoms with Crippen LogP contribution in [-0.4, -0.2) is 23.0 Å². The molecule has 7 heteroatoms. The van der Waals surface area contributed by atoms with Gasteiger partial charge in [0.1, 0.15) is 0 Å². The highest BCUT2D eigenvalue weighted by Crippen LogP contribution is 2.32. The Morgan fingerprint density at radius 1 is 1.35 bits per heavy atom. The lowest BCUT2D eigenvalue weighted by molar-refractivity contribution is -0.122. The van der Waals surface area contributed by atoms with Gasteiger partial charge in [0, 0.05) is 23.9 Å². The third kappa shape index (κ3) is 4.58.